The molecule has 0 bridgehead atoms. The van der Waals surface area contributed by atoms with Gasteiger partial charge in [-0.2, -0.15) is 0 Å². The van der Waals surface area contributed by atoms with Gasteiger partial charge in [0.15, 0.2) is 0 Å². The third kappa shape index (κ3) is 5.27. The van der Waals surface area contributed by atoms with E-state index in [1.54, 1.807) is 12.1 Å². The molecule has 7 heteroatoms. The number of ether oxygens (including phenoxy) is 1. The van der Waals surface area contributed by atoms with Gasteiger partial charge in [-0.15, -0.1) is 0 Å². The molecule has 0 saturated carbocycles. The fourth-order valence-electron chi connectivity index (χ4n) is 4.54. The Kier molecular flexibility index (Phi) is 6.76. The fourth-order valence-corrected chi connectivity index (χ4v) is 4.54. The van der Waals surface area contributed by atoms with Crippen LogP contribution < -0.4 is 10.2 Å². The molecule has 6 nitrogen and oxygen atoms in total. The van der Waals surface area contributed by atoms with Crippen molar-refractivity contribution in [2.24, 2.45) is 0 Å². The molecule has 0 radical (unpaired) electrons. The van der Waals surface area contributed by atoms with Crippen LogP contribution in [0.5, 0.6) is 0 Å². The highest BCUT2D eigenvalue weighted by Crippen LogP contribution is 2.28. The van der Waals surface area contributed by atoms with Gasteiger partial charge in [0.05, 0.1) is 16.9 Å². The molecule has 1 unspecified atom stereocenters. The maximum Gasteiger partial charge on any atom is 0.255 e. The highest BCUT2D eigenvalue weighted by Gasteiger charge is 2.31. The van der Waals surface area contributed by atoms with Crippen molar-refractivity contribution >= 4 is 11.7 Å². The Morgan fingerprint density at radius 3 is 2.53 bits per heavy atom. The maximum atomic E-state index is 13.4. The summed E-state index contributed by atoms with van der Waals surface area (Å²) in [5, 5.41) is 3.21. The zero-order valence-electron chi connectivity index (χ0n) is 19.2. The number of likely N-dealkylation sites (N-methyl/N-ethyl adjacent to an activating group) is 1. The first-order valence-corrected chi connectivity index (χ1v) is 11.5. The van der Waals surface area contributed by atoms with E-state index in [2.05, 4.69) is 35.9 Å². The minimum absolute atomic E-state index is 0.0767. The predicted octanol–water partition coefficient (Wildman–Crippen LogP) is 3.72. The molecule has 1 aromatic carbocycles. The molecule has 3 heterocycles. The zero-order valence-corrected chi connectivity index (χ0v) is 19.2. The number of hydrogen-bond acceptors (Lipinski definition) is 5. The van der Waals surface area contributed by atoms with Gasteiger partial charge in [-0.1, -0.05) is 6.92 Å². The summed E-state index contributed by atoms with van der Waals surface area (Å²) in [5.74, 6) is 0.324. The Morgan fingerprint density at radius 1 is 1.16 bits per heavy atom. The minimum atomic E-state index is -0.278. The smallest absolute Gasteiger partial charge is 0.255 e. The zero-order chi connectivity index (χ0) is 22.7. The number of nitrogens with one attached hydrogen (secondary N) is 1. The second-order valence-electron chi connectivity index (χ2n) is 9.27. The monoisotopic (exact) mass is 440 g/mol. The summed E-state index contributed by atoms with van der Waals surface area (Å²) in [6, 6.07) is 10.1. The standard InChI is InChI=1S/C25H33FN4O2/c1-4-29-12-14-30(15-13-29)23-21(24(31)27-20-11-16-32-25(2,3)17-20)9-10-22(28-23)18-5-7-19(26)8-6-18/h5-10,20H,4,11-17H2,1-3H3,(H,27,31). The van der Waals surface area contributed by atoms with Gasteiger partial charge in [-0.05, 0) is 69.6 Å². The van der Waals surface area contributed by atoms with Crippen molar-refractivity contribution in [1.29, 1.82) is 0 Å². The molecular weight excluding hydrogens is 407 g/mol. The first-order chi connectivity index (χ1) is 15.3. The normalized spacial score (nSPS) is 21.4. The molecule has 0 spiro atoms. The largest absolute Gasteiger partial charge is 0.375 e. The second-order valence-corrected chi connectivity index (χ2v) is 9.27. The number of aromatic nitrogens is 1. The molecule has 1 amide bonds. The van der Waals surface area contributed by atoms with Gasteiger partial charge in [0.1, 0.15) is 11.6 Å². The van der Waals surface area contributed by atoms with Crippen LogP contribution in [0.25, 0.3) is 11.3 Å². The van der Waals surface area contributed by atoms with E-state index in [9.17, 15) is 9.18 Å². The molecule has 2 fully saturated rings. The molecule has 2 aromatic rings. The SMILES string of the molecule is CCN1CCN(c2nc(-c3ccc(F)cc3)ccc2C(=O)NC2CCOC(C)(C)C2)CC1. The number of carbonyl (C=O) groups excluding carboxylic acids is 1. The van der Waals surface area contributed by atoms with Crippen LogP contribution >= 0.6 is 0 Å². The first kappa shape index (κ1) is 22.7. The van der Waals surface area contributed by atoms with Crippen LogP contribution in [0.3, 0.4) is 0 Å². The summed E-state index contributed by atoms with van der Waals surface area (Å²) in [6.45, 7) is 11.5. The van der Waals surface area contributed by atoms with Crippen LogP contribution in [0.4, 0.5) is 10.2 Å². The van der Waals surface area contributed by atoms with E-state index in [-0.39, 0.29) is 23.4 Å². The van der Waals surface area contributed by atoms with Crippen molar-refractivity contribution < 1.29 is 13.9 Å². The average molecular weight is 441 g/mol. The third-order valence-electron chi connectivity index (χ3n) is 6.41. The number of amides is 1. The molecule has 2 aliphatic rings. The molecule has 4 rings (SSSR count). The predicted molar refractivity (Wildman–Crippen MR) is 124 cm³/mol. The van der Waals surface area contributed by atoms with Gasteiger partial charge in [0, 0.05) is 44.4 Å². The number of piperazine rings is 1. The summed E-state index contributed by atoms with van der Waals surface area (Å²) in [5.41, 5.74) is 1.92. The summed E-state index contributed by atoms with van der Waals surface area (Å²) in [6.07, 6.45) is 1.59. The quantitative estimate of drug-likeness (QED) is 0.768. The van der Waals surface area contributed by atoms with Gasteiger partial charge in [0.25, 0.3) is 5.91 Å². The highest BCUT2D eigenvalue weighted by atomic mass is 19.1. The van der Waals surface area contributed by atoms with E-state index in [0.717, 1.165) is 56.8 Å². The fraction of sp³-hybridized carbons (Fsp3) is 0.520. The lowest BCUT2D eigenvalue weighted by molar-refractivity contribution is -0.0615. The van der Waals surface area contributed by atoms with E-state index >= 15 is 0 Å². The number of hydrogen-bond donors (Lipinski definition) is 1. The number of rotatable bonds is 5. The highest BCUT2D eigenvalue weighted by molar-refractivity contribution is 5.99. The lowest BCUT2D eigenvalue weighted by Crippen LogP contribution is -2.48. The summed E-state index contributed by atoms with van der Waals surface area (Å²) in [4.78, 5) is 22.8. The van der Waals surface area contributed by atoms with Crippen molar-refractivity contribution in [2.45, 2.75) is 45.3 Å². The third-order valence-corrected chi connectivity index (χ3v) is 6.41. The van der Waals surface area contributed by atoms with Crippen LogP contribution in [0.2, 0.25) is 0 Å². The van der Waals surface area contributed by atoms with Crippen LogP contribution in [0.1, 0.15) is 44.0 Å². The average Bonchev–Trinajstić information content (AvgIpc) is 2.78. The van der Waals surface area contributed by atoms with E-state index in [4.69, 9.17) is 9.72 Å². The molecule has 0 aliphatic carbocycles. The van der Waals surface area contributed by atoms with Gasteiger partial charge in [-0.25, -0.2) is 9.37 Å². The van der Waals surface area contributed by atoms with Crippen LogP contribution in [0.15, 0.2) is 36.4 Å². The Bertz CT molecular complexity index is 939. The first-order valence-electron chi connectivity index (χ1n) is 11.5. The second kappa shape index (κ2) is 9.55. The molecule has 1 aromatic heterocycles. The van der Waals surface area contributed by atoms with Crippen molar-refractivity contribution in [2.75, 3.05) is 44.2 Å². The Balaban J connectivity index is 1.61. The molecule has 2 saturated heterocycles. The molecule has 2 aliphatic heterocycles. The van der Waals surface area contributed by atoms with Crippen LogP contribution in [-0.4, -0.2) is 66.8 Å². The summed E-state index contributed by atoms with van der Waals surface area (Å²) >= 11 is 0. The number of halogens is 1. The Labute approximate surface area is 189 Å². The number of benzene rings is 1. The summed E-state index contributed by atoms with van der Waals surface area (Å²) < 4.78 is 19.2. The van der Waals surface area contributed by atoms with E-state index in [0.29, 0.717) is 18.0 Å². The molecule has 1 N–H and O–H groups in total. The van der Waals surface area contributed by atoms with E-state index in [1.807, 2.05) is 12.1 Å². The number of nitrogens with zero attached hydrogens (tertiary/aromatic N) is 3. The molecular formula is C25H33FN4O2. The van der Waals surface area contributed by atoms with Crippen molar-refractivity contribution in [3.63, 3.8) is 0 Å². The topological polar surface area (TPSA) is 57.7 Å². The van der Waals surface area contributed by atoms with Gasteiger partial charge >= 0.3 is 0 Å². The Morgan fingerprint density at radius 2 is 1.88 bits per heavy atom. The lowest BCUT2D eigenvalue weighted by atomic mass is 9.93. The van der Waals surface area contributed by atoms with Crippen LogP contribution in [0, 0.1) is 5.82 Å². The van der Waals surface area contributed by atoms with Gasteiger partial charge < -0.3 is 19.9 Å². The van der Waals surface area contributed by atoms with Crippen molar-refractivity contribution in [1.82, 2.24) is 15.2 Å². The summed E-state index contributed by atoms with van der Waals surface area (Å²) in [7, 11) is 0. The number of pyridine rings is 1. The lowest BCUT2D eigenvalue weighted by Gasteiger charge is -2.37. The number of anilines is 1. The molecule has 32 heavy (non-hydrogen) atoms. The van der Waals surface area contributed by atoms with Crippen molar-refractivity contribution in [3.8, 4) is 11.3 Å². The van der Waals surface area contributed by atoms with Crippen LogP contribution in [-0.2, 0) is 4.74 Å². The molecule has 172 valence electrons. The van der Waals surface area contributed by atoms with Gasteiger partial charge in [-0.3, -0.25) is 4.79 Å². The van der Waals surface area contributed by atoms with Crippen molar-refractivity contribution in [3.05, 3.63) is 47.8 Å². The minimum Gasteiger partial charge on any atom is -0.375 e. The maximum absolute atomic E-state index is 13.4. The Hall–Kier alpha value is -2.51. The van der Waals surface area contributed by atoms with E-state index in [1.165, 1.54) is 12.1 Å². The number of carbonyl (C=O) groups is 1. The molecule has 1 atom stereocenters. The van der Waals surface area contributed by atoms with E-state index < -0.39 is 0 Å². The van der Waals surface area contributed by atoms with Gasteiger partial charge in [0.2, 0.25) is 0 Å².